The van der Waals surface area contributed by atoms with Gasteiger partial charge in [0.25, 0.3) is 0 Å². The van der Waals surface area contributed by atoms with Gasteiger partial charge in [-0.05, 0) is 25.1 Å². The Hall–Kier alpha value is -2.49. The fraction of sp³-hybridized carbons (Fsp3) is 0.286. The van der Waals surface area contributed by atoms with Gasteiger partial charge in [-0.1, -0.05) is 11.8 Å². The zero-order valence-corrected chi connectivity index (χ0v) is 11.0. The highest BCUT2D eigenvalue weighted by Gasteiger charge is 2.31. The van der Waals surface area contributed by atoms with Crippen LogP contribution in [0.1, 0.15) is 34.8 Å². The molecule has 0 aromatic heterocycles. The smallest absolute Gasteiger partial charge is 0.416 e. The van der Waals surface area contributed by atoms with Gasteiger partial charge in [-0.15, -0.1) is 0 Å². The van der Waals surface area contributed by atoms with Gasteiger partial charge in [0.15, 0.2) is 0 Å². The van der Waals surface area contributed by atoms with Crippen LogP contribution in [0.4, 0.5) is 13.2 Å². The van der Waals surface area contributed by atoms with E-state index < -0.39 is 23.7 Å². The van der Waals surface area contributed by atoms with E-state index >= 15 is 0 Å². The van der Waals surface area contributed by atoms with E-state index in [-0.39, 0.29) is 24.2 Å². The molecule has 0 bridgehead atoms. The van der Waals surface area contributed by atoms with Gasteiger partial charge in [0, 0.05) is 5.56 Å². The number of hydrogen-bond acceptors (Lipinski definition) is 3. The highest BCUT2D eigenvalue weighted by Crippen LogP contribution is 2.30. The first-order valence-corrected chi connectivity index (χ1v) is 5.84. The lowest BCUT2D eigenvalue weighted by Crippen LogP contribution is -2.08. The fourth-order valence-electron chi connectivity index (χ4n) is 1.43. The number of aromatic carboxylic acids is 1. The first kappa shape index (κ1) is 16.6. The van der Waals surface area contributed by atoms with Crippen molar-refractivity contribution in [2.75, 3.05) is 6.61 Å². The zero-order chi connectivity index (χ0) is 16.0. The van der Waals surface area contributed by atoms with Gasteiger partial charge in [0.2, 0.25) is 0 Å². The van der Waals surface area contributed by atoms with E-state index in [0.717, 1.165) is 6.07 Å². The van der Waals surface area contributed by atoms with Gasteiger partial charge in [0.05, 0.1) is 17.7 Å². The molecule has 0 aliphatic rings. The second-order valence-electron chi connectivity index (χ2n) is 3.85. The summed E-state index contributed by atoms with van der Waals surface area (Å²) in [6, 6.07) is 2.14. The number of rotatable bonds is 3. The van der Waals surface area contributed by atoms with Crippen molar-refractivity contribution in [1.29, 1.82) is 0 Å². The average Bonchev–Trinajstić information content (AvgIpc) is 2.37. The van der Waals surface area contributed by atoms with E-state index in [2.05, 4.69) is 16.6 Å². The monoisotopic (exact) mass is 300 g/mol. The van der Waals surface area contributed by atoms with Crippen LogP contribution in [0.15, 0.2) is 18.2 Å². The Morgan fingerprint density at radius 3 is 2.52 bits per heavy atom. The summed E-state index contributed by atoms with van der Waals surface area (Å²) in [6.45, 7) is 1.76. The van der Waals surface area contributed by atoms with E-state index in [9.17, 15) is 22.8 Å². The molecule has 0 aliphatic heterocycles. The van der Waals surface area contributed by atoms with Crippen LogP contribution in [0.5, 0.6) is 0 Å². The number of halogens is 3. The highest BCUT2D eigenvalue weighted by atomic mass is 19.4. The molecular formula is C14H11F3O4. The molecule has 1 N–H and O–H groups in total. The first-order valence-electron chi connectivity index (χ1n) is 5.84. The van der Waals surface area contributed by atoms with Crippen molar-refractivity contribution in [2.45, 2.75) is 19.5 Å². The summed E-state index contributed by atoms with van der Waals surface area (Å²) in [5.74, 6) is 2.54. The maximum absolute atomic E-state index is 12.6. The third kappa shape index (κ3) is 4.84. The molecule has 1 aromatic carbocycles. The molecule has 0 heterocycles. The molecule has 0 radical (unpaired) electrons. The molecule has 1 aromatic rings. The van der Waals surface area contributed by atoms with Crippen molar-refractivity contribution in [1.82, 2.24) is 0 Å². The van der Waals surface area contributed by atoms with Crippen LogP contribution in [0.3, 0.4) is 0 Å². The van der Waals surface area contributed by atoms with Crippen LogP contribution in [0.25, 0.3) is 0 Å². The van der Waals surface area contributed by atoms with E-state index in [4.69, 9.17) is 5.11 Å². The summed E-state index contributed by atoms with van der Waals surface area (Å²) in [5, 5.41) is 8.91. The molecule has 0 saturated heterocycles. The third-order valence-corrected chi connectivity index (χ3v) is 2.34. The summed E-state index contributed by atoms with van der Waals surface area (Å²) < 4.78 is 42.3. The van der Waals surface area contributed by atoms with Gasteiger partial charge >= 0.3 is 18.1 Å². The Labute approximate surface area is 118 Å². The SMILES string of the molecule is CCOC(=O)CC#Cc1cc(C(F)(F)F)ccc1C(=O)O. The lowest BCUT2D eigenvalue weighted by molar-refractivity contribution is -0.142. The Bertz CT molecular complexity index is 609. The van der Waals surface area contributed by atoms with Crippen molar-refractivity contribution < 1.29 is 32.6 Å². The van der Waals surface area contributed by atoms with Gasteiger partial charge < -0.3 is 9.84 Å². The molecule has 112 valence electrons. The summed E-state index contributed by atoms with van der Waals surface area (Å²) in [6.07, 6.45) is -4.93. The number of carbonyl (C=O) groups excluding carboxylic acids is 1. The molecule has 7 heteroatoms. The number of ether oxygens (including phenoxy) is 1. The van der Waals surface area contributed by atoms with Crippen molar-refractivity contribution >= 4 is 11.9 Å². The number of hydrogen-bond donors (Lipinski definition) is 1. The third-order valence-electron chi connectivity index (χ3n) is 2.34. The summed E-state index contributed by atoms with van der Waals surface area (Å²) in [4.78, 5) is 22.0. The van der Waals surface area contributed by atoms with Crippen LogP contribution in [-0.2, 0) is 15.7 Å². The average molecular weight is 300 g/mol. The molecule has 0 unspecified atom stereocenters. The second kappa shape index (κ2) is 6.79. The zero-order valence-electron chi connectivity index (χ0n) is 11.0. The van der Waals surface area contributed by atoms with Crippen LogP contribution in [0.2, 0.25) is 0 Å². The molecule has 0 aliphatic carbocycles. The van der Waals surface area contributed by atoms with Crippen LogP contribution >= 0.6 is 0 Å². The summed E-state index contributed by atoms with van der Waals surface area (Å²) in [5.41, 5.74) is -1.67. The van der Waals surface area contributed by atoms with Crippen molar-refractivity contribution in [2.24, 2.45) is 0 Å². The topological polar surface area (TPSA) is 63.6 Å². The number of carbonyl (C=O) groups is 2. The lowest BCUT2D eigenvalue weighted by Gasteiger charge is -2.08. The van der Waals surface area contributed by atoms with E-state index in [1.54, 1.807) is 6.92 Å². The Morgan fingerprint density at radius 1 is 1.33 bits per heavy atom. The molecule has 0 fully saturated rings. The Balaban J connectivity index is 3.11. The van der Waals surface area contributed by atoms with Crippen molar-refractivity contribution in [3.05, 3.63) is 34.9 Å². The molecule has 0 amide bonds. The first-order chi connectivity index (χ1) is 9.75. The number of carboxylic acid groups (broad SMARTS) is 1. The van der Waals surface area contributed by atoms with Gasteiger partial charge in [-0.3, -0.25) is 4.79 Å². The Morgan fingerprint density at radius 2 is 2.00 bits per heavy atom. The molecule has 0 spiro atoms. The maximum Gasteiger partial charge on any atom is 0.416 e. The molecule has 1 rings (SSSR count). The summed E-state index contributed by atoms with van der Waals surface area (Å²) in [7, 11) is 0. The van der Waals surface area contributed by atoms with E-state index in [1.165, 1.54) is 0 Å². The Kier molecular flexibility index (Phi) is 5.36. The van der Waals surface area contributed by atoms with Crippen LogP contribution < -0.4 is 0 Å². The van der Waals surface area contributed by atoms with Gasteiger partial charge in [0.1, 0.15) is 6.42 Å². The summed E-state index contributed by atoms with van der Waals surface area (Å²) >= 11 is 0. The maximum atomic E-state index is 12.6. The highest BCUT2D eigenvalue weighted by molar-refractivity contribution is 5.91. The molecular weight excluding hydrogens is 289 g/mol. The number of esters is 1. The number of carboxylic acids is 1. The van der Waals surface area contributed by atoms with E-state index in [1.807, 2.05) is 0 Å². The number of benzene rings is 1. The predicted octanol–water partition coefficient (Wildman–Crippen LogP) is 2.71. The molecule has 21 heavy (non-hydrogen) atoms. The largest absolute Gasteiger partial charge is 0.478 e. The normalized spacial score (nSPS) is 10.5. The van der Waals surface area contributed by atoms with Crippen LogP contribution in [0, 0.1) is 11.8 Å². The van der Waals surface area contributed by atoms with Crippen molar-refractivity contribution in [3.8, 4) is 11.8 Å². The molecule has 0 atom stereocenters. The van der Waals surface area contributed by atoms with Crippen LogP contribution in [-0.4, -0.2) is 23.7 Å². The standard InChI is InChI=1S/C14H11F3O4/c1-2-21-12(18)5-3-4-9-8-10(14(15,16)17)6-7-11(9)13(19)20/h6-8H,2,5H2,1H3,(H,19,20). The molecule has 4 nitrogen and oxygen atoms in total. The van der Waals surface area contributed by atoms with Crippen molar-refractivity contribution in [3.63, 3.8) is 0 Å². The minimum atomic E-state index is -4.60. The minimum absolute atomic E-state index is 0.157. The minimum Gasteiger partial charge on any atom is -0.478 e. The second-order valence-corrected chi connectivity index (χ2v) is 3.85. The molecule has 0 saturated carbocycles. The predicted molar refractivity (Wildman–Crippen MR) is 66.5 cm³/mol. The lowest BCUT2D eigenvalue weighted by atomic mass is 10.0. The fourth-order valence-corrected chi connectivity index (χ4v) is 1.43. The van der Waals surface area contributed by atoms with Gasteiger partial charge in [-0.25, -0.2) is 4.79 Å². The van der Waals surface area contributed by atoms with E-state index in [0.29, 0.717) is 12.1 Å². The quantitative estimate of drug-likeness (QED) is 0.688. The van der Waals surface area contributed by atoms with Gasteiger partial charge in [-0.2, -0.15) is 13.2 Å². The number of alkyl halides is 3.